The van der Waals surface area contributed by atoms with E-state index in [4.69, 9.17) is 27.9 Å². The minimum Gasteiger partial charge on any atom is -0.489 e. The third-order valence-corrected chi connectivity index (χ3v) is 3.28. The Balaban J connectivity index is 2.36. The van der Waals surface area contributed by atoms with Crippen LogP contribution in [0.1, 0.15) is 25.3 Å². The largest absolute Gasteiger partial charge is 0.489 e. The highest BCUT2D eigenvalue weighted by Gasteiger charge is 2.07. The molecule has 0 radical (unpaired) electrons. The van der Waals surface area contributed by atoms with Crippen LogP contribution in [0.3, 0.4) is 0 Å². The van der Waals surface area contributed by atoms with Gasteiger partial charge in [-0.05, 0) is 44.0 Å². The highest BCUT2D eigenvalue weighted by atomic mass is 35.5. The number of hydrogen-bond acceptors (Lipinski definition) is 2. The molecule has 3 nitrogen and oxygen atoms in total. The van der Waals surface area contributed by atoms with Gasteiger partial charge >= 0.3 is 0 Å². The Labute approximate surface area is 124 Å². The quantitative estimate of drug-likeness (QED) is 0.782. The van der Waals surface area contributed by atoms with Crippen molar-refractivity contribution < 1.29 is 9.53 Å². The van der Waals surface area contributed by atoms with E-state index in [1.807, 2.05) is 26.0 Å². The van der Waals surface area contributed by atoms with Crippen molar-refractivity contribution in [3.05, 3.63) is 28.8 Å². The third-order valence-electron chi connectivity index (χ3n) is 2.59. The van der Waals surface area contributed by atoms with Gasteiger partial charge in [0.15, 0.2) is 0 Å². The van der Waals surface area contributed by atoms with E-state index in [1.165, 1.54) is 0 Å². The van der Waals surface area contributed by atoms with E-state index in [1.54, 1.807) is 6.07 Å². The summed E-state index contributed by atoms with van der Waals surface area (Å²) < 4.78 is 5.71. The normalized spacial score (nSPS) is 12.0. The maximum Gasteiger partial charge on any atom is 0.220 e. The van der Waals surface area contributed by atoms with Crippen LogP contribution >= 0.6 is 23.2 Å². The third kappa shape index (κ3) is 6.17. The molecule has 106 valence electrons. The number of aryl methyl sites for hydroxylation is 1. The summed E-state index contributed by atoms with van der Waals surface area (Å²) in [5.41, 5.74) is 0.970. The molecule has 0 aliphatic carbocycles. The van der Waals surface area contributed by atoms with E-state index in [0.29, 0.717) is 25.3 Å². The molecule has 0 spiro atoms. The van der Waals surface area contributed by atoms with Crippen molar-refractivity contribution in [1.82, 2.24) is 5.32 Å². The maximum atomic E-state index is 11.4. The molecule has 0 aromatic heterocycles. The number of amides is 1. The second-order valence-electron chi connectivity index (χ2n) is 4.44. The Kier molecular flexibility index (Phi) is 7.03. The van der Waals surface area contributed by atoms with Crippen molar-refractivity contribution in [3.63, 3.8) is 0 Å². The number of hydrogen-bond donors (Lipinski definition) is 1. The zero-order chi connectivity index (χ0) is 14.3. The Morgan fingerprint density at radius 1 is 1.47 bits per heavy atom. The van der Waals surface area contributed by atoms with Gasteiger partial charge in [-0.1, -0.05) is 11.6 Å². The van der Waals surface area contributed by atoms with Crippen LogP contribution in [-0.2, 0) is 4.79 Å². The number of ether oxygens (including phenoxy) is 1. The van der Waals surface area contributed by atoms with Crippen LogP contribution < -0.4 is 10.1 Å². The summed E-state index contributed by atoms with van der Waals surface area (Å²) >= 11 is 11.5. The number of benzene rings is 1. The fourth-order valence-electron chi connectivity index (χ4n) is 1.54. The van der Waals surface area contributed by atoms with Crippen LogP contribution in [-0.4, -0.2) is 24.4 Å². The van der Waals surface area contributed by atoms with E-state index in [-0.39, 0.29) is 12.0 Å². The minimum atomic E-state index is -0.0967. The number of carbonyl (C=O) groups is 1. The molecule has 1 N–H and O–H groups in total. The van der Waals surface area contributed by atoms with Gasteiger partial charge in [-0.15, -0.1) is 11.6 Å². The van der Waals surface area contributed by atoms with E-state index in [2.05, 4.69) is 5.32 Å². The van der Waals surface area contributed by atoms with Crippen molar-refractivity contribution in [2.45, 2.75) is 32.8 Å². The smallest absolute Gasteiger partial charge is 0.220 e. The van der Waals surface area contributed by atoms with Crippen molar-refractivity contribution in [3.8, 4) is 5.75 Å². The van der Waals surface area contributed by atoms with Crippen LogP contribution in [0.5, 0.6) is 5.75 Å². The predicted molar refractivity (Wildman–Crippen MR) is 79.2 cm³/mol. The van der Waals surface area contributed by atoms with Crippen LogP contribution in [0.25, 0.3) is 0 Å². The molecule has 0 saturated carbocycles. The zero-order valence-corrected chi connectivity index (χ0v) is 12.7. The van der Waals surface area contributed by atoms with Gasteiger partial charge in [0.1, 0.15) is 11.9 Å². The Morgan fingerprint density at radius 2 is 2.21 bits per heavy atom. The van der Waals surface area contributed by atoms with Gasteiger partial charge in [-0.25, -0.2) is 0 Å². The molecule has 5 heteroatoms. The van der Waals surface area contributed by atoms with E-state index < -0.39 is 0 Å². The van der Waals surface area contributed by atoms with Crippen molar-refractivity contribution in [1.29, 1.82) is 0 Å². The molecule has 0 bridgehead atoms. The van der Waals surface area contributed by atoms with Gasteiger partial charge in [0, 0.05) is 17.3 Å². The summed E-state index contributed by atoms with van der Waals surface area (Å²) in [5.74, 6) is 1.26. The molecule has 1 amide bonds. The highest BCUT2D eigenvalue weighted by molar-refractivity contribution is 6.31. The standard InChI is InChI=1S/C14H19Cl2NO2/c1-10-8-12(5-6-13(10)16)19-11(2)9-17-14(18)4-3-7-15/h5-6,8,11H,3-4,7,9H2,1-2H3,(H,17,18). The second-order valence-corrected chi connectivity index (χ2v) is 5.22. The van der Waals surface area contributed by atoms with E-state index in [0.717, 1.165) is 16.3 Å². The number of rotatable bonds is 7. The molecule has 0 fully saturated rings. The molecule has 1 atom stereocenters. The number of carbonyl (C=O) groups excluding carboxylic acids is 1. The first kappa shape index (κ1) is 16.1. The molecule has 1 aromatic carbocycles. The minimum absolute atomic E-state index is 0.00314. The van der Waals surface area contributed by atoms with Crippen molar-refractivity contribution in [2.75, 3.05) is 12.4 Å². The molecule has 0 aliphatic rings. The van der Waals surface area contributed by atoms with Gasteiger partial charge in [0.2, 0.25) is 5.91 Å². The highest BCUT2D eigenvalue weighted by Crippen LogP contribution is 2.21. The summed E-state index contributed by atoms with van der Waals surface area (Å²) in [6.07, 6.45) is 1.05. The Hall–Kier alpha value is -0.930. The fraction of sp³-hybridized carbons (Fsp3) is 0.500. The fourth-order valence-corrected chi connectivity index (χ4v) is 1.79. The van der Waals surface area contributed by atoms with Gasteiger partial charge < -0.3 is 10.1 Å². The van der Waals surface area contributed by atoms with Crippen LogP contribution in [0.4, 0.5) is 0 Å². The van der Waals surface area contributed by atoms with Crippen molar-refractivity contribution in [2.24, 2.45) is 0 Å². The summed E-state index contributed by atoms with van der Waals surface area (Å²) in [6, 6.07) is 5.51. The zero-order valence-electron chi connectivity index (χ0n) is 11.2. The maximum absolute atomic E-state index is 11.4. The van der Waals surface area contributed by atoms with Gasteiger partial charge in [-0.2, -0.15) is 0 Å². The molecule has 0 saturated heterocycles. The summed E-state index contributed by atoms with van der Waals surface area (Å²) in [7, 11) is 0. The van der Waals surface area contributed by atoms with Crippen LogP contribution in [0, 0.1) is 6.92 Å². The van der Waals surface area contributed by atoms with Crippen molar-refractivity contribution >= 4 is 29.1 Å². The SMILES string of the molecule is Cc1cc(OC(C)CNC(=O)CCCCl)ccc1Cl. The lowest BCUT2D eigenvalue weighted by atomic mass is 10.2. The predicted octanol–water partition coefficient (Wildman–Crippen LogP) is 3.55. The molecule has 0 heterocycles. The second kappa shape index (κ2) is 8.28. The van der Waals surface area contributed by atoms with Gasteiger partial charge in [0.05, 0.1) is 6.54 Å². The lowest BCUT2D eigenvalue weighted by Gasteiger charge is -2.16. The Morgan fingerprint density at radius 3 is 2.84 bits per heavy atom. The number of nitrogens with one attached hydrogen (secondary N) is 1. The van der Waals surface area contributed by atoms with E-state index in [9.17, 15) is 4.79 Å². The summed E-state index contributed by atoms with van der Waals surface area (Å²) in [4.78, 5) is 11.4. The monoisotopic (exact) mass is 303 g/mol. The Bertz CT molecular complexity index is 424. The average Bonchev–Trinajstić information content (AvgIpc) is 2.38. The molecule has 1 rings (SSSR count). The topological polar surface area (TPSA) is 38.3 Å². The molecule has 19 heavy (non-hydrogen) atoms. The number of halogens is 2. The van der Waals surface area contributed by atoms with Gasteiger partial charge in [-0.3, -0.25) is 4.79 Å². The van der Waals surface area contributed by atoms with Crippen LogP contribution in [0.15, 0.2) is 18.2 Å². The first-order chi connectivity index (χ1) is 9.02. The summed E-state index contributed by atoms with van der Waals surface area (Å²) in [6.45, 7) is 4.31. The molecule has 1 aromatic rings. The van der Waals surface area contributed by atoms with E-state index >= 15 is 0 Å². The molecular weight excluding hydrogens is 285 g/mol. The number of alkyl halides is 1. The molecule has 0 aliphatic heterocycles. The van der Waals surface area contributed by atoms with Gasteiger partial charge in [0.25, 0.3) is 0 Å². The first-order valence-electron chi connectivity index (χ1n) is 6.28. The molecular formula is C14H19Cl2NO2. The lowest BCUT2D eigenvalue weighted by Crippen LogP contribution is -2.33. The molecule has 1 unspecified atom stereocenters. The van der Waals surface area contributed by atoms with Crippen LogP contribution in [0.2, 0.25) is 5.02 Å². The summed E-state index contributed by atoms with van der Waals surface area (Å²) in [5, 5.41) is 3.53. The lowest BCUT2D eigenvalue weighted by molar-refractivity contribution is -0.121. The first-order valence-corrected chi connectivity index (χ1v) is 7.19. The average molecular weight is 304 g/mol.